The summed E-state index contributed by atoms with van der Waals surface area (Å²) in [5.41, 5.74) is 6.52. The molecular weight excluding hydrogens is 241 g/mol. The fraction of sp³-hybridized carbons (Fsp3) is 0.533. The Hall–Kier alpha value is -1.58. The quantitative estimate of drug-likeness (QED) is 0.611. The molecule has 0 radical (unpaired) electrons. The van der Waals surface area contributed by atoms with Gasteiger partial charge in [-0.2, -0.15) is 0 Å². The number of nitrogens with one attached hydrogen (secondary N) is 1. The molecule has 0 unspecified atom stereocenters. The summed E-state index contributed by atoms with van der Waals surface area (Å²) in [4.78, 5) is 2.19. The standard InChI is InChI=1S/C15H20FN3/c16-13-7-12(15(17)18)5-6-14(13)19(8-10-1-2-10)9-11-3-4-11/h5-7,10-11H,1-4,8-9H2,(H3,17,18). The number of anilines is 1. The molecule has 19 heavy (non-hydrogen) atoms. The van der Waals surface area contributed by atoms with Gasteiger partial charge < -0.3 is 10.6 Å². The van der Waals surface area contributed by atoms with Gasteiger partial charge in [-0.3, -0.25) is 5.41 Å². The zero-order valence-electron chi connectivity index (χ0n) is 11.0. The molecule has 102 valence electrons. The Labute approximate surface area is 113 Å². The van der Waals surface area contributed by atoms with Gasteiger partial charge in [0, 0.05) is 18.7 Å². The van der Waals surface area contributed by atoms with E-state index in [2.05, 4.69) is 4.90 Å². The van der Waals surface area contributed by atoms with Crippen LogP contribution in [0.2, 0.25) is 0 Å². The van der Waals surface area contributed by atoms with Crippen molar-refractivity contribution in [3.63, 3.8) is 0 Å². The highest BCUT2D eigenvalue weighted by Gasteiger charge is 2.30. The van der Waals surface area contributed by atoms with Crippen molar-refractivity contribution in [1.29, 1.82) is 5.41 Å². The van der Waals surface area contributed by atoms with E-state index in [0.717, 1.165) is 24.9 Å². The lowest BCUT2D eigenvalue weighted by molar-refractivity contribution is 0.602. The van der Waals surface area contributed by atoms with E-state index < -0.39 is 0 Å². The second-order valence-electron chi connectivity index (χ2n) is 5.87. The van der Waals surface area contributed by atoms with Crippen LogP contribution in [0.15, 0.2) is 18.2 Å². The summed E-state index contributed by atoms with van der Waals surface area (Å²) in [6.45, 7) is 1.93. The molecule has 3 nitrogen and oxygen atoms in total. The van der Waals surface area contributed by atoms with Gasteiger partial charge in [-0.1, -0.05) is 0 Å². The number of halogens is 1. The topological polar surface area (TPSA) is 53.1 Å². The molecule has 3 rings (SSSR count). The third-order valence-corrected chi connectivity index (χ3v) is 3.95. The Morgan fingerprint density at radius 2 is 1.79 bits per heavy atom. The lowest BCUT2D eigenvalue weighted by Crippen LogP contribution is -2.29. The summed E-state index contributed by atoms with van der Waals surface area (Å²) in [6, 6.07) is 4.90. The molecule has 0 spiro atoms. The van der Waals surface area contributed by atoms with Crippen LogP contribution in [0.1, 0.15) is 31.2 Å². The molecule has 0 heterocycles. The third-order valence-electron chi connectivity index (χ3n) is 3.95. The largest absolute Gasteiger partial charge is 0.384 e. The molecule has 2 saturated carbocycles. The van der Waals surface area contributed by atoms with Crippen LogP contribution < -0.4 is 10.6 Å². The molecule has 2 aliphatic rings. The number of hydrogen-bond acceptors (Lipinski definition) is 2. The number of amidine groups is 1. The molecule has 0 bridgehead atoms. The van der Waals surface area contributed by atoms with Crippen LogP contribution >= 0.6 is 0 Å². The molecule has 0 aliphatic heterocycles. The fourth-order valence-corrected chi connectivity index (χ4v) is 2.43. The predicted molar refractivity (Wildman–Crippen MR) is 75.1 cm³/mol. The molecule has 0 atom stereocenters. The zero-order valence-corrected chi connectivity index (χ0v) is 11.0. The van der Waals surface area contributed by atoms with Crippen molar-refractivity contribution in [2.45, 2.75) is 25.7 Å². The van der Waals surface area contributed by atoms with Crippen LogP contribution in [0, 0.1) is 23.1 Å². The second-order valence-corrected chi connectivity index (χ2v) is 5.87. The van der Waals surface area contributed by atoms with Crippen LogP contribution in [-0.4, -0.2) is 18.9 Å². The number of rotatable bonds is 6. The smallest absolute Gasteiger partial charge is 0.147 e. The first-order chi connectivity index (χ1) is 9.13. The van der Waals surface area contributed by atoms with Gasteiger partial charge in [0.1, 0.15) is 11.7 Å². The second kappa shape index (κ2) is 4.83. The molecule has 0 aromatic heterocycles. The summed E-state index contributed by atoms with van der Waals surface area (Å²) < 4.78 is 14.2. The number of nitrogens with two attached hydrogens (primary N) is 1. The SMILES string of the molecule is N=C(N)c1ccc(N(CC2CC2)CC2CC2)c(F)c1. The number of nitrogen functional groups attached to an aromatic ring is 1. The van der Waals surface area contributed by atoms with Gasteiger partial charge in [0.25, 0.3) is 0 Å². The molecule has 3 N–H and O–H groups in total. The van der Waals surface area contributed by atoms with Crippen molar-refractivity contribution in [2.24, 2.45) is 17.6 Å². The lowest BCUT2D eigenvalue weighted by atomic mass is 10.1. The highest BCUT2D eigenvalue weighted by Crippen LogP contribution is 2.36. The number of benzene rings is 1. The van der Waals surface area contributed by atoms with Gasteiger partial charge >= 0.3 is 0 Å². The Morgan fingerprint density at radius 1 is 1.21 bits per heavy atom. The Bertz CT molecular complexity index is 478. The van der Waals surface area contributed by atoms with Crippen molar-refractivity contribution in [2.75, 3.05) is 18.0 Å². The van der Waals surface area contributed by atoms with E-state index in [1.807, 2.05) is 0 Å². The van der Waals surface area contributed by atoms with Crippen molar-refractivity contribution in [3.8, 4) is 0 Å². The lowest BCUT2D eigenvalue weighted by Gasteiger charge is -2.25. The number of hydrogen-bond donors (Lipinski definition) is 2. The van der Waals surface area contributed by atoms with Crippen LogP contribution in [0.25, 0.3) is 0 Å². The summed E-state index contributed by atoms with van der Waals surface area (Å²) in [7, 11) is 0. The van der Waals surface area contributed by atoms with Crippen LogP contribution in [0.4, 0.5) is 10.1 Å². The molecule has 1 aromatic carbocycles. The maximum absolute atomic E-state index is 14.2. The Morgan fingerprint density at radius 3 is 2.21 bits per heavy atom. The highest BCUT2D eigenvalue weighted by atomic mass is 19.1. The van der Waals surface area contributed by atoms with E-state index in [1.165, 1.54) is 31.7 Å². The normalized spacial score (nSPS) is 18.4. The van der Waals surface area contributed by atoms with Crippen LogP contribution in [-0.2, 0) is 0 Å². The molecule has 2 fully saturated rings. The molecule has 0 saturated heterocycles. The first kappa shape index (κ1) is 12.5. The third kappa shape index (κ3) is 3.06. The van der Waals surface area contributed by atoms with Crippen molar-refractivity contribution < 1.29 is 4.39 Å². The van der Waals surface area contributed by atoms with E-state index in [1.54, 1.807) is 12.1 Å². The minimum atomic E-state index is -0.256. The monoisotopic (exact) mass is 261 g/mol. The van der Waals surface area contributed by atoms with E-state index in [0.29, 0.717) is 11.3 Å². The Balaban J connectivity index is 1.80. The van der Waals surface area contributed by atoms with Gasteiger partial charge in [0.05, 0.1) is 5.69 Å². The van der Waals surface area contributed by atoms with E-state index in [9.17, 15) is 4.39 Å². The molecule has 1 aromatic rings. The molecule has 0 amide bonds. The Kier molecular flexibility index (Phi) is 3.17. The summed E-state index contributed by atoms with van der Waals surface area (Å²) in [6.07, 6.45) is 5.09. The number of nitrogens with zero attached hydrogens (tertiary/aromatic N) is 1. The van der Waals surface area contributed by atoms with Crippen molar-refractivity contribution >= 4 is 11.5 Å². The van der Waals surface area contributed by atoms with E-state index >= 15 is 0 Å². The van der Waals surface area contributed by atoms with Gasteiger partial charge in [0.2, 0.25) is 0 Å². The van der Waals surface area contributed by atoms with Crippen LogP contribution in [0.5, 0.6) is 0 Å². The van der Waals surface area contributed by atoms with Crippen molar-refractivity contribution in [1.82, 2.24) is 0 Å². The average Bonchev–Trinajstić information content (AvgIpc) is 3.23. The predicted octanol–water partition coefficient (Wildman–Crippen LogP) is 2.74. The minimum absolute atomic E-state index is 0.0821. The maximum Gasteiger partial charge on any atom is 0.147 e. The van der Waals surface area contributed by atoms with Gasteiger partial charge in [-0.05, 0) is 55.7 Å². The van der Waals surface area contributed by atoms with Gasteiger partial charge in [-0.25, -0.2) is 4.39 Å². The van der Waals surface area contributed by atoms with Gasteiger partial charge in [-0.15, -0.1) is 0 Å². The summed E-state index contributed by atoms with van der Waals surface area (Å²) in [5, 5.41) is 7.35. The van der Waals surface area contributed by atoms with E-state index in [-0.39, 0.29) is 11.7 Å². The first-order valence-corrected chi connectivity index (χ1v) is 7.02. The van der Waals surface area contributed by atoms with Crippen molar-refractivity contribution in [3.05, 3.63) is 29.6 Å². The molecule has 2 aliphatic carbocycles. The highest BCUT2D eigenvalue weighted by molar-refractivity contribution is 5.95. The fourth-order valence-electron chi connectivity index (χ4n) is 2.43. The van der Waals surface area contributed by atoms with E-state index in [4.69, 9.17) is 11.1 Å². The summed E-state index contributed by atoms with van der Waals surface area (Å²) in [5.74, 6) is 1.15. The molecular formula is C15H20FN3. The minimum Gasteiger partial charge on any atom is -0.384 e. The summed E-state index contributed by atoms with van der Waals surface area (Å²) >= 11 is 0. The average molecular weight is 261 g/mol. The zero-order chi connectivity index (χ0) is 13.4. The first-order valence-electron chi connectivity index (χ1n) is 7.02. The van der Waals surface area contributed by atoms with Crippen LogP contribution in [0.3, 0.4) is 0 Å². The van der Waals surface area contributed by atoms with Gasteiger partial charge in [0.15, 0.2) is 0 Å². The molecule has 4 heteroatoms. The maximum atomic E-state index is 14.2.